The van der Waals surface area contributed by atoms with Crippen molar-refractivity contribution in [3.05, 3.63) is 45.4 Å². The van der Waals surface area contributed by atoms with Crippen molar-refractivity contribution in [2.24, 2.45) is 0 Å². The average Bonchev–Trinajstić information content (AvgIpc) is 2.41. The van der Waals surface area contributed by atoms with Gasteiger partial charge in [0.1, 0.15) is 5.82 Å². The largest absolute Gasteiger partial charge is 0.313 e. The molecular formula is C16H19BrFN3. The minimum atomic E-state index is -0.278. The van der Waals surface area contributed by atoms with Crippen LogP contribution in [0.5, 0.6) is 0 Å². The number of aryl methyl sites for hydroxylation is 2. The Hall–Kier alpha value is -1.33. The molecule has 1 aromatic carbocycles. The first-order chi connectivity index (χ1) is 10.0. The lowest BCUT2D eigenvalue weighted by Crippen LogP contribution is -2.17. The molecule has 0 saturated carbocycles. The zero-order valence-corrected chi connectivity index (χ0v) is 14.1. The lowest BCUT2D eigenvalue weighted by molar-refractivity contribution is 0.627. The fourth-order valence-corrected chi connectivity index (χ4v) is 2.70. The van der Waals surface area contributed by atoms with Gasteiger partial charge in [-0.15, -0.1) is 0 Å². The maximum atomic E-state index is 13.2. The third kappa shape index (κ3) is 3.86. The lowest BCUT2D eigenvalue weighted by Gasteiger charge is -2.12. The summed E-state index contributed by atoms with van der Waals surface area (Å²) in [6, 6.07) is 4.55. The van der Waals surface area contributed by atoms with Gasteiger partial charge in [0.2, 0.25) is 0 Å². The van der Waals surface area contributed by atoms with Crippen LogP contribution < -0.4 is 5.32 Å². The summed E-state index contributed by atoms with van der Waals surface area (Å²) in [5, 5.41) is 3.37. The molecule has 21 heavy (non-hydrogen) atoms. The standard InChI is InChI=1S/C16H19BrFN3/c1-4-7-19-9-14-10(2)20-16(21-11(14)3)13-6-5-12(18)8-15(13)17/h5-6,8,19H,4,7,9H2,1-3H3. The third-order valence-electron chi connectivity index (χ3n) is 3.32. The van der Waals surface area contributed by atoms with E-state index in [-0.39, 0.29) is 5.82 Å². The summed E-state index contributed by atoms with van der Waals surface area (Å²) in [6.45, 7) is 7.86. The lowest BCUT2D eigenvalue weighted by atomic mass is 10.1. The van der Waals surface area contributed by atoms with Crippen LogP contribution in [0.25, 0.3) is 11.4 Å². The quantitative estimate of drug-likeness (QED) is 0.821. The predicted molar refractivity (Wildman–Crippen MR) is 86.6 cm³/mol. The molecule has 0 aliphatic heterocycles. The van der Waals surface area contributed by atoms with Crippen LogP contribution in [0.4, 0.5) is 4.39 Å². The van der Waals surface area contributed by atoms with Crippen molar-refractivity contribution in [3.8, 4) is 11.4 Å². The van der Waals surface area contributed by atoms with E-state index in [1.54, 1.807) is 6.07 Å². The molecule has 0 radical (unpaired) electrons. The molecule has 1 heterocycles. The second-order valence-electron chi connectivity index (χ2n) is 5.00. The molecule has 2 rings (SSSR count). The molecule has 0 atom stereocenters. The Morgan fingerprint density at radius 2 is 1.86 bits per heavy atom. The smallest absolute Gasteiger partial charge is 0.160 e. The fourth-order valence-electron chi connectivity index (χ4n) is 2.18. The summed E-state index contributed by atoms with van der Waals surface area (Å²) in [6.07, 6.45) is 1.10. The second-order valence-corrected chi connectivity index (χ2v) is 5.85. The number of nitrogens with one attached hydrogen (secondary N) is 1. The second kappa shape index (κ2) is 7.09. The van der Waals surface area contributed by atoms with E-state index in [0.29, 0.717) is 10.3 Å². The van der Waals surface area contributed by atoms with E-state index in [1.165, 1.54) is 12.1 Å². The Balaban J connectivity index is 2.35. The molecule has 0 bridgehead atoms. The summed E-state index contributed by atoms with van der Waals surface area (Å²) in [5.41, 5.74) is 3.84. The van der Waals surface area contributed by atoms with Crippen molar-refractivity contribution in [1.82, 2.24) is 15.3 Å². The van der Waals surface area contributed by atoms with E-state index in [2.05, 4.69) is 38.1 Å². The third-order valence-corrected chi connectivity index (χ3v) is 3.98. The van der Waals surface area contributed by atoms with E-state index in [1.807, 2.05) is 13.8 Å². The Labute approximate surface area is 133 Å². The number of aromatic nitrogens is 2. The first-order valence-corrected chi connectivity index (χ1v) is 7.82. The van der Waals surface area contributed by atoms with Crippen LogP contribution in [0.15, 0.2) is 22.7 Å². The van der Waals surface area contributed by atoms with Crippen molar-refractivity contribution in [1.29, 1.82) is 0 Å². The zero-order chi connectivity index (χ0) is 15.4. The molecule has 0 amide bonds. The van der Waals surface area contributed by atoms with E-state index in [0.717, 1.165) is 42.0 Å². The minimum Gasteiger partial charge on any atom is -0.313 e. The van der Waals surface area contributed by atoms with Crippen molar-refractivity contribution < 1.29 is 4.39 Å². The Bertz CT molecular complexity index is 620. The Morgan fingerprint density at radius 3 is 2.43 bits per heavy atom. The molecule has 0 unspecified atom stereocenters. The summed E-state index contributed by atoms with van der Waals surface area (Å²) >= 11 is 3.37. The van der Waals surface area contributed by atoms with E-state index >= 15 is 0 Å². The van der Waals surface area contributed by atoms with Gasteiger partial charge in [-0.2, -0.15) is 0 Å². The molecular weight excluding hydrogens is 333 g/mol. The number of hydrogen-bond donors (Lipinski definition) is 1. The van der Waals surface area contributed by atoms with Gasteiger partial charge in [0.25, 0.3) is 0 Å². The molecule has 3 nitrogen and oxygen atoms in total. The van der Waals surface area contributed by atoms with Gasteiger partial charge in [0.05, 0.1) is 0 Å². The minimum absolute atomic E-state index is 0.278. The predicted octanol–water partition coefficient (Wildman–Crippen LogP) is 4.16. The summed E-state index contributed by atoms with van der Waals surface area (Å²) in [5.74, 6) is 0.343. The van der Waals surface area contributed by atoms with Crippen molar-refractivity contribution in [2.75, 3.05) is 6.54 Å². The molecule has 112 valence electrons. The van der Waals surface area contributed by atoms with Gasteiger partial charge in [-0.1, -0.05) is 6.92 Å². The van der Waals surface area contributed by atoms with Gasteiger partial charge in [-0.05, 0) is 60.9 Å². The Kier molecular flexibility index (Phi) is 5.42. The molecule has 0 saturated heterocycles. The molecule has 0 fully saturated rings. The van der Waals surface area contributed by atoms with Crippen molar-refractivity contribution in [3.63, 3.8) is 0 Å². The van der Waals surface area contributed by atoms with Gasteiger partial charge in [-0.3, -0.25) is 0 Å². The summed E-state index contributed by atoms with van der Waals surface area (Å²) < 4.78 is 13.8. The summed E-state index contributed by atoms with van der Waals surface area (Å²) in [7, 11) is 0. The van der Waals surface area contributed by atoms with Crippen LogP contribution >= 0.6 is 15.9 Å². The van der Waals surface area contributed by atoms with Crippen molar-refractivity contribution >= 4 is 15.9 Å². The molecule has 1 N–H and O–H groups in total. The molecule has 0 spiro atoms. The van der Waals surface area contributed by atoms with Crippen LogP contribution in [0.2, 0.25) is 0 Å². The van der Waals surface area contributed by atoms with Gasteiger partial charge >= 0.3 is 0 Å². The fraction of sp³-hybridized carbons (Fsp3) is 0.375. The first-order valence-electron chi connectivity index (χ1n) is 7.03. The van der Waals surface area contributed by atoms with Crippen LogP contribution in [-0.4, -0.2) is 16.5 Å². The van der Waals surface area contributed by atoms with E-state index < -0.39 is 0 Å². The van der Waals surface area contributed by atoms with Gasteiger partial charge in [0, 0.05) is 33.5 Å². The van der Waals surface area contributed by atoms with E-state index in [4.69, 9.17) is 0 Å². The number of benzene rings is 1. The average molecular weight is 352 g/mol. The molecule has 0 aliphatic carbocycles. The van der Waals surface area contributed by atoms with Crippen LogP contribution in [-0.2, 0) is 6.54 Å². The van der Waals surface area contributed by atoms with Crippen LogP contribution in [0.1, 0.15) is 30.3 Å². The van der Waals surface area contributed by atoms with Crippen LogP contribution in [0, 0.1) is 19.7 Å². The maximum Gasteiger partial charge on any atom is 0.160 e. The molecule has 2 aromatic rings. The number of hydrogen-bond acceptors (Lipinski definition) is 3. The monoisotopic (exact) mass is 351 g/mol. The zero-order valence-electron chi connectivity index (χ0n) is 12.5. The number of rotatable bonds is 5. The molecule has 1 aromatic heterocycles. The normalized spacial score (nSPS) is 10.9. The number of halogens is 2. The highest BCUT2D eigenvalue weighted by Crippen LogP contribution is 2.27. The number of nitrogens with zero attached hydrogens (tertiary/aromatic N) is 2. The highest BCUT2D eigenvalue weighted by Gasteiger charge is 2.12. The summed E-state index contributed by atoms with van der Waals surface area (Å²) in [4.78, 5) is 9.14. The van der Waals surface area contributed by atoms with Crippen molar-refractivity contribution in [2.45, 2.75) is 33.7 Å². The Morgan fingerprint density at radius 1 is 1.19 bits per heavy atom. The van der Waals surface area contributed by atoms with E-state index in [9.17, 15) is 4.39 Å². The molecule has 5 heteroatoms. The SMILES string of the molecule is CCCNCc1c(C)nc(-c2ccc(F)cc2Br)nc1C. The highest BCUT2D eigenvalue weighted by atomic mass is 79.9. The van der Waals surface area contributed by atoms with Crippen LogP contribution in [0.3, 0.4) is 0 Å². The van der Waals surface area contributed by atoms with Gasteiger partial charge in [0.15, 0.2) is 5.82 Å². The highest BCUT2D eigenvalue weighted by molar-refractivity contribution is 9.10. The molecule has 0 aliphatic rings. The van der Waals surface area contributed by atoms with Gasteiger partial charge < -0.3 is 5.32 Å². The van der Waals surface area contributed by atoms with Gasteiger partial charge in [-0.25, -0.2) is 14.4 Å². The maximum absolute atomic E-state index is 13.2. The topological polar surface area (TPSA) is 37.8 Å². The first kappa shape index (κ1) is 16.0.